The van der Waals surface area contributed by atoms with Crippen LogP contribution in [0.1, 0.15) is 30.0 Å². The van der Waals surface area contributed by atoms with Gasteiger partial charge in [-0.05, 0) is 25.2 Å². The summed E-state index contributed by atoms with van der Waals surface area (Å²) in [5, 5.41) is 8.78. The molecule has 0 spiro atoms. The molecule has 0 fully saturated rings. The summed E-state index contributed by atoms with van der Waals surface area (Å²) in [6.07, 6.45) is 0. The second-order valence-corrected chi connectivity index (χ2v) is 3.28. The van der Waals surface area contributed by atoms with E-state index in [1.165, 1.54) is 6.07 Å². The van der Waals surface area contributed by atoms with Crippen LogP contribution in [0.4, 0.5) is 0 Å². The van der Waals surface area contributed by atoms with Crippen molar-refractivity contribution in [3.8, 4) is 0 Å². The zero-order chi connectivity index (χ0) is 11.3. The van der Waals surface area contributed by atoms with E-state index in [4.69, 9.17) is 5.11 Å². The molecule has 0 radical (unpaired) electrons. The van der Waals surface area contributed by atoms with Crippen molar-refractivity contribution in [1.82, 2.24) is 9.88 Å². The highest BCUT2D eigenvalue weighted by Gasteiger charge is 2.07. The molecule has 4 nitrogen and oxygen atoms in total. The highest BCUT2D eigenvalue weighted by Crippen LogP contribution is 2.03. The Morgan fingerprint density at radius 3 is 2.60 bits per heavy atom. The van der Waals surface area contributed by atoms with Gasteiger partial charge in [0.15, 0.2) is 0 Å². The Hall–Kier alpha value is -1.42. The third kappa shape index (κ3) is 3.32. The first-order chi connectivity index (χ1) is 7.17. The Labute approximate surface area is 89.6 Å². The van der Waals surface area contributed by atoms with E-state index in [1.54, 1.807) is 6.07 Å². The SMILES string of the molecule is CCN(CC)Cc1cccc(C(=O)O)n1. The molecule has 0 bridgehead atoms. The van der Waals surface area contributed by atoms with Gasteiger partial charge in [0.2, 0.25) is 0 Å². The molecule has 0 aliphatic carbocycles. The second kappa shape index (κ2) is 5.46. The largest absolute Gasteiger partial charge is 0.477 e. The molecule has 0 amide bonds. The Balaban J connectivity index is 2.77. The molecular formula is C11H16N2O2. The fraction of sp³-hybridized carbons (Fsp3) is 0.455. The number of aromatic nitrogens is 1. The maximum atomic E-state index is 10.7. The van der Waals surface area contributed by atoms with Crippen molar-refractivity contribution < 1.29 is 9.90 Å². The third-order valence-corrected chi connectivity index (χ3v) is 2.31. The van der Waals surface area contributed by atoms with Crippen LogP contribution >= 0.6 is 0 Å². The topological polar surface area (TPSA) is 53.4 Å². The van der Waals surface area contributed by atoms with Crippen LogP contribution in [0, 0.1) is 0 Å². The van der Waals surface area contributed by atoms with Gasteiger partial charge in [0.05, 0.1) is 5.69 Å². The Morgan fingerprint density at radius 1 is 1.40 bits per heavy atom. The maximum absolute atomic E-state index is 10.7. The smallest absolute Gasteiger partial charge is 0.354 e. The van der Waals surface area contributed by atoms with Gasteiger partial charge in [-0.2, -0.15) is 0 Å². The van der Waals surface area contributed by atoms with Crippen molar-refractivity contribution in [2.75, 3.05) is 13.1 Å². The number of hydrogen-bond acceptors (Lipinski definition) is 3. The number of nitrogens with zero attached hydrogens (tertiary/aromatic N) is 2. The van der Waals surface area contributed by atoms with E-state index in [1.807, 2.05) is 6.07 Å². The summed E-state index contributed by atoms with van der Waals surface area (Å²) in [5.74, 6) is -0.976. The molecular weight excluding hydrogens is 192 g/mol. The molecule has 0 aliphatic heterocycles. The molecule has 82 valence electrons. The summed E-state index contributed by atoms with van der Waals surface area (Å²) in [6.45, 7) is 6.73. The number of carboxylic acid groups (broad SMARTS) is 1. The Morgan fingerprint density at radius 2 is 2.07 bits per heavy atom. The van der Waals surface area contributed by atoms with Gasteiger partial charge in [-0.1, -0.05) is 19.9 Å². The van der Waals surface area contributed by atoms with Crippen molar-refractivity contribution >= 4 is 5.97 Å². The van der Waals surface area contributed by atoms with Crippen molar-refractivity contribution in [2.24, 2.45) is 0 Å². The number of carbonyl (C=O) groups is 1. The van der Waals surface area contributed by atoms with Gasteiger partial charge < -0.3 is 5.11 Å². The minimum absolute atomic E-state index is 0.111. The predicted molar refractivity (Wildman–Crippen MR) is 57.8 cm³/mol. The molecule has 0 aliphatic rings. The summed E-state index contributed by atoms with van der Waals surface area (Å²) < 4.78 is 0. The molecule has 1 N–H and O–H groups in total. The fourth-order valence-corrected chi connectivity index (χ4v) is 1.36. The summed E-state index contributed by atoms with van der Waals surface area (Å²) >= 11 is 0. The quantitative estimate of drug-likeness (QED) is 0.799. The van der Waals surface area contributed by atoms with Crippen LogP contribution in [0.3, 0.4) is 0 Å². The normalized spacial score (nSPS) is 10.6. The summed E-state index contributed by atoms with van der Waals surface area (Å²) in [4.78, 5) is 17.0. The van der Waals surface area contributed by atoms with Crippen LogP contribution in [-0.4, -0.2) is 34.0 Å². The average molecular weight is 208 g/mol. The van der Waals surface area contributed by atoms with Gasteiger partial charge >= 0.3 is 5.97 Å². The van der Waals surface area contributed by atoms with E-state index >= 15 is 0 Å². The lowest BCUT2D eigenvalue weighted by molar-refractivity contribution is 0.0690. The first-order valence-corrected chi connectivity index (χ1v) is 5.09. The lowest BCUT2D eigenvalue weighted by Gasteiger charge is -2.17. The molecule has 0 aromatic carbocycles. The van der Waals surface area contributed by atoms with Crippen molar-refractivity contribution in [3.05, 3.63) is 29.6 Å². The minimum Gasteiger partial charge on any atom is -0.477 e. The van der Waals surface area contributed by atoms with E-state index in [0.717, 1.165) is 18.8 Å². The number of carboxylic acids is 1. The van der Waals surface area contributed by atoms with E-state index in [0.29, 0.717) is 6.54 Å². The zero-order valence-electron chi connectivity index (χ0n) is 9.10. The highest BCUT2D eigenvalue weighted by molar-refractivity contribution is 5.85. The molecule has 15 heavy (non-hydrogen) atoms. The monoisotopic (exact) mass is 208 g/mol. The molecule has 1 rings (SSSR count). The molecule has 0 saturated heterocycles. The molecule has 1 aromatic heterocycles. The Kier molecular flexibility index (Phi) is 4.24. The van der Waals surface area contributed by atoms with Crippen LogP contribution in [0.2, 0.25) is 0 Å². The predicted octanol–water partition coefficient (Wildman–Crippen LogP) is 1.62. The first kappa shape index (κ1) is 11.7. The molecule has 0 unspecified atom stereocenters. The van der Waals surface area contributed by atoms with Crippen molar-refractivity contribution in [1.29, 1.82) is 0 Å². The van der Waals surface area contributed by atoms with Crippen molar-refractivity contribution in [2.45, 2.75) is 20.4 Å². The maximum Gasteiger partial charge on any atom is 0.354 e. The van der Waals surface area contributed by atoms with Gasteiger partial charge in [-0.25, -0.2) is 9.78 Å². The number of hydrogen-bond donors (Lipinski definition) is 1. The standard InChI is InChI=1S/C11H16N2O2/c1-3-13(4-2)8-9-6-5-7-10(12-9)11(14)15/h5-7H,3-4,8H2,1-2H3,(H,14,15). The van der Waals surface area contributed by atoms with Crippen LogP contribution in [-0.2, 0) is 6.54 Å². The Bertz CT molecular complexity index is 335. The van der Waals surface area contributed by atoms with Crippen molar-refractivity contribution in [3.63, 3.8) is 0 Å². The van der Waals surface area contributed by atoms with Crippen LogP contribution in [0.25, 0.3) is 0 Å². The lowest BCUT2D eigenvalue weighted by Crippen LogP contribution is -2.23. The van der Waals surface area contributed by atoms with E-state index in [2.05, 4.69) is 23.7 Å². The summed E-state index contributed by atoms with van der Waals surface area (Å²) in [6, 6.07) is 5.09. The highest BCUT2D eigenvalue weighted by atomic mass is 16.4. The van der Waals surface area contributed by atoms with Gasteiger partial charge in [0.1, 0.15) is 5.69 Å². The minimum atomic E-state index is -0.976. The first-order valence-electron chi connectivity index (χ1n) is 5.09. The molecule has 4 heteroatoms. The number of aromatic carboxylic acids is 1. The summed E-state index contributed by atoms with van der Waals surface area (Å²) in [5.41, 5.74) is 0.915. The number of rotatable bonds is 5. The average Bonchev–Trinajstić information content (AvgIpc) is 2.26. The van der Waals surface area contributed by atoms with Crippen LogP contribution < -0.4 is 0 Å². The van der Waals surface area contributed by atoms with Gasteiger partial charge in [0.25, 0.3) is 0 Å². The zero-order valence-corrected chi connectivity index (χ0v) is 9.10. The second-order valence-electron chi connectivity index (χ2n) is 3.28. The lowest BCUT2D eigenvalue weighted by atomic mass is 10.3. The third-order valence-electron chi connectivity index (χ3n) is 2.31. The summed E-state index contributed by atoms with van der Waals surface area (Å²) in [7, 11) is 0. The van der Waals surface area contributed by atoms with Gasteiger partial charge in [-0.15, -0.1) is 0 Å². The van der Waals surface area contributed by atoms with Crippen LogP contribution in [0.5, 0.6) is 0 Å². The van der Waals surface area contributed by atoms with E-state index in [9.17, 15) is 4.79 Å². The molecule has 0 saturated carbocycles. The number of pyridine rings is 1. The molecule has 0 atom stereocenters. The van der Waals surface area contributed by atoms with Gasteiger partial charge in [-0.3, -0.25) is 4.90 Å². The van der Waals surface area contributed by atoms with E-state index < -0.39 is 5.97 Å². The molecule has 1 aromatic rings. The molecule has 1 heterocycles. The van der Waals surface area contributed by atoms with Gasteiger partial charge in [0, 0.05) is 6.54 Å². The van der Waals surface area contributed by atoms with E-state index in [-0.39, 0.29) is 5.69 Å². The van der Waals surface area contributed by atoms with Crippen LogP contribution in [0.15, 0.2) is 18.2 Å². The fourth-order valence-electron chi connectivity index (χ4n) is 1.36.